The minimum absolute atomic E-state index is 0.0558. The van der Waals surface area contributed by atoms with Crippen molar-refractivity contribution >= 4 is 33.4 Å². The maximum Gasteiger partial charge on any atom is 0.338 e. The van der Waals surface area contributed by atoms with Crippen molar-refractivity contribution in [1.29, 1.82) is 0 Å². The Labute approximate surface area is 204 Å². The number of hydrogen-bond donors (Lipinski definition) is 2. The summed E-state index contributed by atoms with van der Waals surface area (Å²) in [6, 6.07) is 13.9. The molecule has 0 radical (unpaired) electrons. The molecule has 3 aromatic heterocycles. The molecule has 1 fully saturated rings. The van der Waals surface area contributed by atoms with Gasteiger partial charge >= 0.3 is 5.97 Å². The van der Waals surface area contributed by atoms with Gasteiger partial charge in [-0.25, -0.2) is 14.2 Å². The van der Waals surface area contributed by atoms with E-state index in [9.17, 15) is 9.18 Å². The number of nitrogens with zero attached hydrogens (tertiary/aromatic N) is 4. The lowest BCUT2D eigenvalue weighted by molar-refractivity contribution is -0.145. The summed E-state index contributed by atoms with van der Waals surface area (Å²) >= 11 is 3.58. The number of rotatable bonds is 5. The molecule has 0 spiro atoms. The Morgan fingerprint density at radius 3 is 2.47 bits per heavy atom. The average molecular weight is 524 g/mol. The van der Waals surface area contributed by atoms with Crippen molar-refractivity contribution in [2.24, 2.45) is 5.92 Å². The molecular formula is C25H23BrFN5O2. The third kappa shape index (κ3) is 4.04. The van der Waals surface area contributed by atoms with E-state index in [0.29, 0.717) is 41.6 Å². The van der Waals surface area contributed by atoms with Gasteiger partial charge in [0.1, 0.15) is 5.82 Å². The van der Waals surface area contributed by atoms with Gasteiger partial charge in [0.25, 0.3) is 0 Å². The molecule has 1 aliphatic carbocycles. The van der Waals surface area contributed by atoms with Gasteiger partial charge in [0.05, 0.1) is 22.1 Å². The van der Waals surface area contributed by atoms with Crippen molar-refractivity contribution in [1.82, 2.24) is 19.6 Å². The predicted molar refractivity (Wildman–Crippen MR) is 131 cm³/mol. The van der Waals surface area contributed by atoms with E-state index in [1.165, 1.54) is 0 Å². The van der Waals surface area contributed by atoms with Crippen LogP contribution in [-0.4, -0.2) is 36.8 Å². The molecule has 9 heteroatoms. The number of aliphatic carboxylic acids is 1. The van der Waals surface area contributed by atoms with Crippen molar-refractivity contribution in [2.45, 2.75) is 37.8 Å². The van der Waals surface area contributed by atoms with Crippen molar-refractivity contribution in [3.63, 3.8) is 0 Å². The lowest BCUT2D eigenvalue weighted by atomic mass is 9.78. The van der Waals surface area contributed by atoms with Gasteiger partial charge in [-0.3, -0.25) is 4.98 Å². The quantitative estimate of drug-likeness (QED) is 0.357. The Hall–Kier alpha value is -3.33. The second kappa shape index (κ2) is 9.13. The minimum atomic E-state index is -1.82. The van der Waals surface area contributed by atoms with Crippen LogP contribution in [0.4, 0.5) is 10.2 Å². The molecule has 0 amide bonds. The van der Waals surface area contributed by atoms with Crippen LogP contribution in [0.15, 0.2) is 59.3 Å². The number of carbonyl (C=O) groups is 1. The van der Waals surface area contributed by atoms with Crippen molar-refractivity contribution in [3.8, 4) is 22.4 Å². The number of anilines is 1. The zero-order valence-electron chi connectivity index (χ0n) is 18.2. The first kappa shape index (κ1) is 22.5. The second-order valence-corrected chi connectivity index (χ2v) is 9.43. The Morgan fingerprint density at radius 2 is 1.82 bits per heavy atom. The molecule has 4 aromatic rings. The molecule has 1 unspecified atom stereocenters. The molecule has 1 aromatic carbocycles. The molecule has 0 aliphatic heterocycles. The molecule has 3 heterocycles. The highest BCUT2D eigenvalue weighted by molar-refractivity contribution is 9.10. The van der Waals surface area contributed by atoms with Crippen LogP contribution in [0.5, 0.6) is 0 Å². The maximum absolute atomic E-state index is 14.0. The summed E-state index contributed by atoms with van der Waals surface area (Å²) < 4.78 is 16.2. The second-order valence-electron chi connectivity index (χ2n) is 8.64. The summed E-state index contributed by atoms with van der Waals surface area (Å²) in [6.07, 6.45) is 4.00. The number of halogens is 2. The van der Waals surface area contributed by atoms with Crippen LogP contribution in [-0.2, 0) is 4.79 Å². The van der Waals surface area contributed by atoms with Crippen molar-refractivity contribution < 1.29 is 14.3 Å². The third-order valence-electron chi connectivity index (χ3n) is 6.60. The number of aromatic nitrogens is 4. The Bertz CT molecular complexity index is 1340. The van der Waals surface area contributed by atoms with Gasteiger partial charge in [-0.2, -0.15) is 9.61 Å². The first-order valence-corrected chi connectivity index (χ1v) is 11.9. The Morgan fingerprint density at radius 1 is 1.09 bits per heavy atom. The third-order valence-corrected chi connectivity index (χ3v) is 7.41. The van der Waals surface area contributed by atoms with E-state index in [1.807, 2.05) is 42.5 Å². The molecule has 34 heavy (non-hydrogen) atoms. The van der Waals surface area contributed by atoms with E-state index in [0.717, 1.165) is 28.1 Å². The van der Waals surface area contributed by atoms with E-state index in [1.54, 1.807) is 16.9 Å². The van der Waals surface area contributed by atoms with Gasteiger partial charge in [0.2, 0.25) is 0 Å². The summed E-state index contributed by atoms with van der Waals surface area (Å²) in [5, 5.41) is 13.4. The fourth-order valence-corrected chi connectivity index (χ4v) is 5.29. The highest BCUT2D eigenvalue weighted by Gasteiger charge is 2.34. The van der Waals surface area contributed by atoms with Crippen LogP contribution in [0.2, 0.25) is 0 Å². The molecule has 1 atom stereocenters. The monoisotopic (exact) mass is 523 g/mol. The van der Waals surface area contributed by atoms with Crippen LogP contribution in [0.3, 0.4) is 0 Å². The molecule has 1 aliphatic rings. The lowest BCUT2D eigenvalue weighted by Gasteiger charge is -2.29. The molecule has 1 saturated carbocycles. The fourth-order valence-electron chi connectivity index (χ4n) is 4.71. The van der Waals surface area contributed by atoms with Crippen molar-refractivity contribution in [2.75, 3.05) is 5.73 Å². The van der Waals surface area contributed by atoms with Gasteiger partial charge in [-0.15, -0.1) is 0 Å². The van der Waals surface area contributed by atoms with Crippen LogP contribution in [0.25, 0.3) is 28.0 Å². The first-order chi connectivity index (χ1) is 16.4. The number of carboxylic acids is 1. The molecule has 0 bridgehead atoms. The fraction of sp³-hybridized carbons (Fsp3) is 0.280. The summed E-state index contributed by atoms with van der Waals surface area (Å²) in [5.74, 6) is -1.35. The van der Waals surface area contributed by atoms with Gasteiger partial charge in [0, 0.05) is 34.7 Å². The number of carboxylic acid groups (broad SMARTS) is 1. The smallest absolute Gasteiger partial charge is 0.338 e. The summed E-state index contributed by atoms with van der Waals surface area (Å²) in [7, 11) is 0. The number of fused-ring (bicyclic) bond motifs is 1. The average Bonchev–Trinajstić information content (AvgIpc) is 3.30. The number of nitrogen functional groups attached to an aromatic ring is 1. The van der Waals surface area contributed by atoms with E-state index in [4.69, 9.17) is 15.8 Å². The highest BCUT2D eigenvalue weighted by atomic mass is 79.9. The SMILES string of the molecule is Nc1c(Br)c([C@H]2CC[C@@H](C(F)C(=O)O)CC2)nc2c(-c3ccc(-c4ccccc4)nc3)cnn12. The number of alkyl halides is 1. The normalized spacial score (nSPS) is 19.2. The number of hydrogen-bond acceptors (Lipinski definition) is 5. The van der Waals surface area contributed by atoms with Gasteiger partial charge in [-0.1, -0.05) is 36.4 Å². The standard InChI is InChI=1S/C25H23BrFN5O2/c26-20-22(16-8-6-15(7-9-16)21(27)25(33)34)31-24-18(13-30-32(24)23(20)28)17-10-11-19(29-12-17)14-4-2-1-3-5-14/h1-5,10-13,15-16,21H,6-9,28H2,(H,33,34)/t15-,16+,21?. The molecule has 3 N–H and O–H groups in total. The largest absolute Gasteiger partial charge is 0.479 e. The molecular weight excluding hydrogens is 501 g/mol. The maximum atomic E-state index is 14.0. The first-order valence-electron chi connectivity index (χ1n) is 11.2. The Kier molecular flexibility index (Phi) is 6.03. The lowest BCUT2D eigenvalue weighted by Crippen LogP contribution is -2.28. The summed E-state index contributed by atoms with van der Waals surface area (Å²) in [5.41, 5.74) is 11.4. The summed E-state index contributed by atoms with van der Waals surface area (Å²) in [6.45, 7) is 0. The number of nitrogens with two attached hydrogens (primary N) is 1. The molecule has 174 valence electrons. The van der Waals surface area contributed by atoms with Crippen LogP contribution in [0.1, 0.15) is 37.3 Å². The van der Waals surface area contributed by atoms with Crippen molar-refractivity contribution in [3.05, 3.63) is 65.0 Å². The predicted octanol–water partition coefficient (Wildman–Crippen LogP) is 5.50. The highest BCUT2D eigenvalue weighted by Crippen LogP contribution is 2.41. The Balaban J connectivity index is 1.46. The van der Waals surface area contributed by atoms with Gasteiger partial charge in [0.15, 0.2) is 11.8 Å². The number of benzene rings is 1. The minimum Gasteiger partial charge on any atom is -0.479 e. The van der Waals surface area contributed by atoms with Gasteiger partial charge < -0.3 is 10.8 Å². The molecule has 0 saturated heterocycles. The van der Waals surface area contributed by atoms with E-state index < -0.39 is 18.1 Å². The van der Waals surface area contributed by atoms with Crippen LogP contribution < -0.4 is 5.73 Å². The van der Waals surface area contributed by atoms with E-state index in [2.05, 4.69) is 26.0 Å². The molecule has 7 nitrogen and oxygen atoms in total. The van der Waals surface area contributed by atoms with Crippen LogP contribution >= 0.6 is 15.9 Å². The summed E-state index contributed by atoms with van der Waals surface area (Å²) in [4.78, 5) is 20.5. The topological polar surface area (TPSA) is 106 Å². The van der Waals surface area contributed by atoms with Crippen LogP contribution in [0, 0.1) is 5.92 Å². The van der Waals surface area contributed by atoms with Gasteiger partial charge in [-0.05, 0) is 47.7 Å². The zero-order chi connectivity index (χ0) is 23.8. The van der Waals surface area contributed by atoms with E-state index >= 15 is 0 Å². The molecule has 5 rings (SSSR count). The van der Waals surface area contributed by atoms with E-state index in [-0.39, 0.29) is 5.92 Å². The zero-order valence-corrected chi connectivity index (χ0v) is 19.8. The number of pyridine rings is 1.